The van der Waals surface area contributed by atoms with E-state index in [0.29, 0.717) is 30.4 Å². The minimum Gasteiger partial charge on any atom is -0.513 e. The van der Waals surface area contributed by atoms with Crippen molar-refractivity contribution in [1.82, 2.24) is 9.71 Å². The van der Waals surface area contributed by atoms with Crippen molar-refractivity contribution in [3.8, 4) is 0 Å². The Hall–Kier alpha value is -1.05. The smallest absolute Gasteiger partial charge is 0.226 e. The largest absolute Gasteiger partial charge is 0.513 e. The van der Waals surface area contributed by atoms with Gasteiger partial charge < -0.3 is 10.4 Å². The van der Waals surface area contributed by atoms with Crippen molar-refractivity contribution in [3.63, 3.8) is 0 Å². The van der Waals surface area contributed by atoms with Gasteiger partial charge in [0.2, 0.25) is 5.91 Å². The molecule has 3 N–H and O–H groups in total. The third kappa shape index (κ3) is 11.7. The molecule has 1 atom stereocenters. The van der Waals surface area contributed by atoms with Crippen LogP contribution in [0.3, 0.4) is 0 Å². The molecule has 0 radical (unpaired) electrons. The summed E-state index contributed by atoms with van der Waals surface area (Å²) in [4.78, 5) is 16.4. The predicted octanol–water partition coefficient (Wildman–Crippen LogP) is 7.72. The molecule has 7 heteroatoms. The number of aliphatic hydroxyl groups is 1. The number of carbonyl (C=O) groups is 1. The summed E-state index contributed by atoms with van der Waals surface area (Å²) in [6, 6.07) is 0. The number of carbonyl (C=O) groups excluding carboxylic acids is 1. The first-order chi connectivity index (χ1) is 15.4. The van der Waals surface area contributed by atoms with E-state index in [0.717, 1.165) is 22.5 Å². The van der Waals surface area contributed by atoms with Crippen molar-refractivity contribution in [3.05, 3.63) is 18.5 Å². The Labute approximate surface area is 203 Å². The van der Waals surface area contributed by atoms with E-state index in [9.17, 15) is 4.79 Å². The molecule has 2 fully saturated rings. The summed E-state index contributed by atoms with van der Waals surface area (Å²) < 4.78 is 4.11. The topological polar surface area (TPSA) is 74.2 Å². The van der Waals surface area contributed by atoms with Crippen LogP contribution in [0.1, 0.15) is 97.3 Å². The van der Waals surface area contributed by atoms with Crippen molar-refractivity contribution < 1.29 is 9.90 Å². The zero-order valence-corrected chi connectivity index (χ0v) is 21.7. The molecule has 2 aliphatic carbocycles. The average molecular weight is 482 g/mol. The summed E-state index contributed by atoms with van der Waals surface area (Å²) in [5.74, 6) is 2.68. The molecular weight excluding hydrogens is 438 g/mol. The van der Waals surface area contributed by atoms with E-state index in [4.69, 9.17) is 5.11 Å². The zero-order valence-electron chi connectivity index (χ0n) is 20.0. The molecule has 2 aliphatic rings. The van der Waals surface area contributed by atoms with E-state index in [1.807, 2.05) is 0 Å². The second kappa shape index (κ2) is 15.7. The number of nitrogens with one attached hydrogen (secondary N) is 2. The predicted molar refractivity (Wildman–Crippen MR) is 138 cm³/mol. The molecule has 0 aliphatic heterocycles. The van der Waals surface area contributed by atoms with Crippen molar-refractivity contribution in [2.45, 2.75) is 102 Å². The Kier molecular flexibility index (Phi) is 13.4. The summed E-state index contributed by atoms with van der Waals surface area (Å²) >= 11 is 2.90. The van der Waals surface area contributed by atoms with Crippen LogP contribution in [0.4, 0.5) is 5.13 Å². The van der Waals surface area contributed by atoms with Crippen molar-refractivity contribution >= 4 is 34.3 Å². The van der Waals surface area contributed by atoms with E-state index >= 15 is 0 Å². The molecule has 3 rings (SSSR count). The second-order valence-corrected chi connectivity index (χ2v) is 11.7. The molecule has 1 amide bonds. The van der Waals surface area contributed by atoms with Crippen LogP contribution in [0.15, 0.2) is 22.7 Å². The lowest BCUT2D eigenvalue weighted by molar-refractivity contribution is -0.116. The van der Waals surface area contributed by atoms with E-state index < -0.39 is 0 Å². The van der Waals surface area contributed by atoms with Gasteiger partial charge in [0.05, 0.1) is 16.2 Å². The molecule has 2 saturated carbocycles. The van der Waals surface area contributed by atoms with E-state index in [-0.39, 0.29) is 11.7 Å². The molecule has 1 aromatic heterocycles. The number of anilines is 1. The zero-order chi connectivity index (χ0) is 23.2. The standard InChI is InChI=1S/C18H29N3O2S2.C7H14/c1-13(15-6-4-3-5-7-15)8-9-16(23)21-18-19-12-17(24-18)25-20-11-10-14(2)22;1-7-5-3-2-4-6-7/h12-13,15,20,22H,2-11H2,1H3,(H,19,21,23);7H,2-6H2,1H3/t13-;/m1./s1. The molecule has 1 aromatic rings. The normalized spacial score (nSPS) is 18.4. The monoisotopic (exact) mass is 481 g/mol. The number of hydrogen-bond acceptors (Lipinski definition) is 6. The fraction of sp³-hybridized carbons (Fsp3) is 0.760. The number of aliphatic hydroxyl groups excluding tert-OH is 1. The van der Waals surface area contributed by atoms with E-state index in [1.165, 1.54) is 87.5 Å². The quantitative estimate of drug-likeness (QED) is 0.181. The summed E-state index contributed by atoms with van der Waals surface area (Å²) in [7, 11) is 0. The summed E-state index contributed by atoms with van der Waals surface area (Å²) in [6.07, 6.45) is 17.9. The Morgan fingerprint density at radius 2 is 1.84 bits per heavy atom. The van der Waals surface area contributed by atoms with Crippen LogP contribution in [0, 0.1) is 17.8 Å². The maximum Gasteiger partial charge on any atom is 0.226 e. The van der Waals surface area contributed by atoms with Crippen LogP contribution in [-0.4, -0.2) is 22.5 Å². The fourth-order valence-corrected chi connectivity index (χ4v) is 6.07. The third-order valence-corrected chi connectivity index (χ3v) is 8.46. The number of rotatable bonds is 10. The van der Waals surface area contributed by atoms with Gasteiger partial charge in [0, 0.05) is 19.4 Å². The maximum atomic E-state index is 12.1. The number of amides is 1. The molecule has 32 heavy (non-hydrogen) atoms. The minimum absolute atomic E-state index is 0.0538. The van der Waals surface area contributed by atoms with Crippen molar-refractivity contribution in [1.29, 1.82) is 0 Å². The average Bonchev–Trinajstić information content (AvgIpc) is 3.23. The van der Waals surface area contributed by atoms with E-state index in [1.54, 1.807) is 6.20 Å². The van der Waals surface area contributed by atoms with Crippen LogP contribution < -0.4 is 10.0 Å². The minimum atomic E-state index is 0.0538. The van der Waals surface area contributed by atoms with Gasteiger partial charge in [-0.25, -0.2) is 4.98 Å². The van der Waals surface area contributed by atoms with Crippen LogP contribution in [0.2, 0.25) is 0 Å². The van der Waals surface area contributed by atoms with Crippen LogP contribution in [0.25, 0.3) is 0 Å². The Balaban J connectivity index is 0.000000439. The lowest BCUT2D eigenvalue weighted by atomic mass is 9.79. The molecule has 182 valence electrons. The summed E-state index contributed by atoms with van der Waals surface area (Å²) in [5, 5.41) is 12.6. The molecule has 0 aromatic carbocycles. The van der Waals surface area contributed by atoms with Gasteiger partial charge in [-0.15, -0.1) is 0 Å². The Morgan fingerprint density at radius 1 is 1.19 bits per heavy atom. The number of thiazole rings is 1. The van der Waals surface area contributed by atoms with Gasteiger partial charge in [0.1, 0.15) is 0 Å². The van der Waals surface area contributed by atoms with Gasteiger partial charge in [-0.05, 0) is 36.1 Å². The van der Waals surface area contributed by atoms with Gasteiger partial charge in [-0.1, -0.05) is 96.0 Å². The lowest BCUT2D eigenvalue weighted by Crippen LogP contribution is -2.18. The molecule has 0 saturated heterocycles. The van der Waals surface area contributed by atoms with Gasteiger partial charge in [0.15, 0.2) is 5.13 Å². The highest BCUT2D eigenvalue weighted by molar-refractivity contribution is 7.99. The number of hydrogen-bond donors (Lipinski definition) is 3. The SMILES string of the molecule is C=C(O)CCNSc1cnc(NC(=O)CC[C@@H](C)C2CCCCC2)s1.CC1CCCCC1. The highest BCUT2D eigenvalue weighted by Gasteiger charge is 2.20. The highest BCUT2D eigenvalue weighted by Crippen LogP contribution is 2.32. The first-order valence-corrected chi connectivity index (χ1v) is 14.1. The Bertz CT molecular complexity index is 668. The maximum absolute atomic E-state index is 12.1. The molecular formula is C25H43N3O2S2. The van der Waals surface area contributed by atoms with Crippen molar-refractivity contribution in [2.24, 2.45) is 17.8 Å². The van der Waals surface area contributed by atoms with Crippen molar-refractivity contribution in [2.75, 3.05) is 11.9 Å². The van der Waals surface area contributed by atoms with Crippen LogP contribution in [0.5, 0.6) is 0 Å². The first kappa shape index (κ1) is 27.2. The Morgan fingerprint density at radius 3 is 2.44 bits per heavy atom. The molecule has 5 nitrogen and oxygen atoms in total. The van der Waals surface area contributed by atoms with Gasteiger partial charge in [-0.2, -0.15) is 0 Å². The van der Waals surface area contributed by atoms with Gasteiger partial charge in [0.25, 0.3) is 0 Å². The van der Waals surface area contributed by atoms with Crippen LogP contribution in [-0.2, 0) is 4.79 Å². The van der Waals surface area contributed by atoms with E-state index in [2.05, 4.69) is 35.4 Å². The molecule has 1 heterocycles. The summed E-state index contributed by atoms with van der Waals surface area (Å²) in [6.45, 7) is 8.73. The van der Waals surface area contributed by atoms with Gasteiger partial charge in [-0.3, -0.25) is 9.52 Å². The van der Waals surface area contributed by atoms with Crippen LogP contribution >= 0.6 is 23.3 Å². The van der Waals surface area contributed by atoms with Gasteiger partial charge >= 0.3 is 0 Å². The molecule has 0 unspecified atom stereocenters. The third-order valence-electron chi connectivity index (χ3n) is 6.59. The highest BCUT2D eigenvalue weighted by atomic mass is 32.2. The second-order valence-electron chi connectivity index (χ2n) is 9.50. The number of aromatic nitrogens is 1. The molecule has 0 bridgehead atoms. The number of nitrogens with zero attached hydrogens (tertiary/aromatic N) is 1. The first-order valence-electron chi connectivity index (χ1n) is 12.5. The summed E-state index contributed by atoms with van der Waals surface area (Å²) in [5.41, 5.74) is 0. The molecule has 0 spiro atoms. The lowest BCUT2D eigenvalue weighted by Gasteiger charge is -2.27. The fourth-order valence-electron chi connectivity index (χ4n) is 4.47.